The summed E-state index contributed by atoms with van der Waals surface area (Å²) in [5, 5.41) is 28.2. The molecule has 0 spiro atoms. The number of rotatable bonds is 3. The Bertz CT molecular complexity index is 505. The topological polar surface area (TPSA) is 107 Å². The monoisotopic (exact) mass is 295 g/mol. The average Bonchev–Trinajstić information content (AvgIpc) is 2.48. The fourth-order valence-corrected chi connectivity index (χ4v) is 2.21. The van der Waals surface area contributed by atoms with Crippen LogP contribution in [0.3, 0.4) is 0 Å². The van der Waals surface area contributed by atoms with E-state index in [2.05, 4.69) is 0 Å². The lowest BCUT2D eigenvalue weighted by Crippen LogP contribution is -2.56. The van der Waals surface area contributed by atoms with E-state index in [-0.39, 0.29) is 19.7 Å². The van der Waals surface area contributed by atoms with Crippen molar-refractivity contribution in [3.63, 3.8) is 0 Å². The van der Waals surface area contributed by atoms with E-state index >= 15 is 0 Å². The van der Waals surface area contributed by atoms with Crippen LogP contribution in [0.5, 0.6) is 0 Å². The zero-order valence-corrected chi connectivity index (χ0v) is 11.3. The van der Waals surface area contributed by atoms with Gasteiger partial charge in [-0.15, -0.1) is 0 Å². The molecule has 2 rings (SSSR count). The molecule has 3 atom stereocenters. The molecule has 0 bridgehead atoms. The predicted octanol–water partition coefficient (Wildman–Crippen LogP) is 0.0614. The van der Waals surface area contributed by atoms with E-state index in [1.165, 1.54) is 0 Å². The third kappa shape index (κ3) is 3.71. The lowest BCUT2D eigenvalue weighted by molar-refractivity contribution is -0.154. The molecule has 1 fully saturated rings. The number of ether oxygens (including phenoxy) is 1. The van der Waals surface area contributed by atoms with Gasteiger partial charge in [0, 0.05) is 6.54 Å². The van der Waals surface area contributed by atoms with E-state index in [0.29, 0.717) is 0 Å². The Kier molecular flexibility index (Phi) is 4.77. The molecular weight excluding hydrogens is 278 g/mol. The molecule has 1 amide bonds. The fraction of sp³-hybridized carbons (Fsp3) is 0.429. The van der Waals surface area contributed by atoms with Gasteiger partial charge >= 0.3 is 12.1 Å². The predicted molar refractivity (Wildman–Crippen MR) is 71.3 cm³/mol. The van der Waals surface area contributed by atoms with Gasteiger partial charge in [-0.2, -0.15) is 0 Å². The first kappa shape index (κ1) is 15.3. The van der Waals surface area contributed by atoms with E-state index in [0.717, 1.165) is 10.5 Å². The summed E-state index contributed by atoms with van der Waals surface area (Å²) in [6, 6.07) is 9.05. The summed E-state index contributed by atoms with van der Waals surface area (Å²) in [5.74, 6) is -2.49. The number of likely N-dealkylation sites (tertiary alicyclic amines) is 1. The summed E-state index contributed by atoms with van der Waals surface area (Å²) in [6.07, 6.45) is -3.40. The first-order chi connectivity index (χ1) is 9.99. The van der Waals surface area contributed by atoms with Gasteiger partial charge in [-0.25, -0.2) is 4.79 Å². The van der Waals surface area contributed by atoms with Gasteiger partial charge in [0.15, 0.2) is 0 Å². The van der Waals surface area contributed by atoms with Gasteiger partial charge in [0.1, 0.15) is 12.5 Å². The lowest BCUT2D eigenvalue weighted by Gasteiger charge is -2.36. The van der Waals surface area contributed by atoms with Crippen molar-refractivity contribution in [2.75, 3.05) is 13.1 Å². The van der Waals surface area contributed by atoms with Crippen LogP contribution in [0, 0.1) is 5.92 Å². The molecule has 7 heteroatoms. The van der Waals surface area contributed by atoms with Crippen LogP contribution in [-0.4, -0.2) is 57.6 Å². The number of aliphatic hydroxyl groups excluding tert-OH is 2. The summed E-state index contributed by atoms with van der Waals surface area (Å²) >= 11 is 0. The zero-order valence-electron chi connectivity index (χ0n) is 11.3. The number of β-amino-alcohol motifs (C(OH)–C–C–N with tert-alkyl or cyclic N) is 1. The Morgan fingerprint density at radius 3 is 2.48 bits per heavy atom. The largest absolute Gasteiger partial charge is 0.481 e. The Hall–Kier alpha value is -2.12. The van der Waals surface area contributed by atoms with E-state index in [9.17, 15) is 19.8 Å². The van der Waals surface area contributed by atoms with Gasteiger partial charge in [0.25, 0.3) is 0 Å². The SMILES string of the molecule is O=C(O)C1CN(C(=O)OCc2ccccc2)CC(O)C1O. The number of carbonyl (C=O) groups is 2. The summed E-state index contributed by atoms with van der Waals surface area (Å²) in [6.45, 7) is -0.285. The van der Waals surface area contributed by atoms with Gasteiger partial charge in [0.2, 0.25) is 0 Å². The standard InChI is InChI=1S/C14H17NO6/c16-11-7-15(6-10(12(11)17)13(18)19)14(20)21-8-9-4-2-1-3-5-9/h1-5,10-12,16-17H,6-8H2,(H,18,19). The van der Waals surface area contributed by atoms with Crippen LogP contribution in [0.1, 0.15) is 5.56 Å². The minimum Gasteiger partial charge on any atom is -0.481 e. The smallest absolute Gasteiger partial charge is 0.410 e. The molecule has 1 aromatic rings. The Morgan fingerprint density at radius 2 is 1.86 bits per heavy atom. The summed E-state index contributed by atoms with van der Waals surface area (Å²) in [4.78, 5) is 24.0. The lowest BCUT2D eigenvalue weighted by atomic mass is 9.93. The number of carboxylic acids is 1. The van der Waals surface area contributed by atoms with Crippen molar-refractivity contribution >= 4 is 12.1 Å². The highest BCUT2D eigenvalue weighted by Gasteiger charge is 2.41. The number of hydrogen-bond acceptors (Lipinski definition) is 5. The highest BCUT2D eigenvalue weighted by molar-refractivity contribution is 5.74. The van der Waals surface area contributed by atoms with Crippen LogP contribution >= 0.6 is 0 Å². The minimum absolute atomic E-state index is 0.0621. The van der Waals surface area contributed by atoms with E-state index in [1.807, 2.05) is 18.2 Å². The number of amides is 1. The number of carboxylic acid groups (broad SMARTS) is 1. The second kappa shape index (κ2) is 6.55. The molecule has 0 aliphatic carbocycles. The number of carbonyl (C=O) groups excluding carboxylic acids is 1. The van der Waals surface area contributed by atoms with E-state index in [4.69, 9.17) is 9.84 Å². The minimum atomic E-state index is -1.39. The molecule has 3 unspecified atom stereocenters. The summed E-state index contributed by atoms with van der Waals surface area (Å²) < 4.78 is 5.08. The molecule has 0 saturated carbocycles. The third-order valence-corrected chi connectivity index (χ3v) is 3.41. The van der Waals surface area contributed by atoms with Gasteiger partial charge in [-0.3, -0.25) is 4.79 Å². The number of nitrogens with zero attached hydrogens (tertiary/aromatic N) is 1. The van der Waals surface area contributed by atoms with E-state index < -0.39 is 30.2 Å². The van der Waals surface area contributed by atoms with Crippen LogP contribution < -0.4 is 0 Å². The maximum Gasteiger partial charge on any atom is 0.410 e. The Balaban J connectivity index is 1.94. The highest BCUT2D eigenvalue weighted by Crippen LogP contribution is 2.19. The van der Waals surface area contributed by atoms with Crippen LogP contribution in [0.4, 0.5) is 4.79 Å². The number of benzene rings is 1. The molecule has 3 N–H and O–H groups in total. The number of piperidine rings is 1. The van der Waals surface area contributed by atoms with Gasteiger partial charge < -0.3 is 25.0 Å². The first-order valence-electron chi connectivity index (χ1n) is 6.53. The van der Waals surface area contributed by atoms with Crippen LogP contribution in [-0.2, 0) is 16.1 Å². The van der Waals surface area contributed by atoms with Crippen molar-refractivity contribution in [1.29, 1.82) is 0 Å². The van der Waals surface area contributed by atoms with E-state index in [1.54, 1.807) is 12.1 Å². The number of aliphatic hydroxyl groups is 2. The molecule has 0 radical (unpaired) electrons. The van der Waals surface area contributed by atoms with Gasteiger partial charge in [0.05, 0.1) is 18.8 Å². The quantitative estimate of drug-likeness (QED) is 0.728. The van der Waals surface area contributed by atoms with Gasteiger partial charge in [-0.05, 0) is 5.56 Å². The Labute approximate surface area is 121 Å². The normalized spacial score (nSPS) is 25.4. The second-order valence-electron chi connectivity index (χ2n) is 4.95. The molecule has 0 aromatic heterocycles. The first-order valence-corrected chi connectivity index (χ1v) is 6.53. The molecule has 7 nitrogen and oxygen atoms in total. The van der Waals surface area contributed by atoms with Crippen molar-refractivity contribution < 1.29 is 29.6 Å². The van der Waals surface area contributed by atoms with Crippen LogP contribution in [0.2, 0.25) is 0 Å². The van der Waals surface area contributed by atoms with Gasteiger partial charge in [-0.1, -0.05) is 30.3 Å². The maximum absolute atomic E-state index is 11.9. The second-order valence-corrected chi connectivity index (χ2v) is 4.95. The molecular formula is C14H17NO6. The average molecular weight is 295 g/mol. The van der Waals surface area contributed by atoms with Crippen LogP contribution in [0.25, 0.3) is 0 Å². The number of hydrogen-bond donors (Lipinski definition) is 3. The van der Waals surface area contributed by atoms with Crippen molar-refractivity contribution in [2.24, 2.45) is 5.92 Å². The molecule has 1 aromatic carbocycles. The van der Waals surface area contributed by atoms with Crippen molar-refractivity contribution in [3.05, 3.63) is 35.9 Å². The van der Waals surface area contributed by atoms with Crippen molar-refractivity contribution in [3.8, 4) is 0 Å². The Morgan fingerprint density at radius 1 is 1.19 bits per heavy atom. The molecule has 1 aliphatic rings. The molecule has 1 aliphatic heterocycles. The van der Waals surface area contributed by atoms with Crippen molar-refractivity contribution in [2.45, 2.75) is 18.8 Å². The molecule has 114 valence electrons. The van der Waals surface area contributed by atoms with Crippen LogP contribution in [0.15, 0.2) is 30.3 Å². The number of aliphatic carboxylic acids is 1. The van der Waals surface area contributed by atoms with Crippen molar-refractivity contribution in [1.82, 2.24) is 4.90 Å². The summed E-state index contributed by atoms with van der Waals surface area (Å²) in [5.41, 5.74) is 0.804. The zero-order chi connectivity index (χ0) is 15.4. The third-order valence-electron chi connectivity index (χ3n) is 3.41. The molecule has 1 saturated heterocycles. The highest BCUT2D eigenvalue weighted by atomic mass is 16.6. The maximum atomic E-state index is 11.9. The summed E-state index contributed by atoms with van der Waals surface area (Å²) in [7, 11) is 0. The molecule has 21 heavy (non-hydrogen) atoms. The molecule has 1 heterocycles. The fourth-order valence-electron chi connectivity index (χ4n) is 2.21.